The maximum Gasteiger partial charge on any atom is 0.328 e. The van der Waals surface area contributed by atoms with Crippen LogP contribution < -0.4 is 0 Å². The number of aliphatic carboxylic acids is 1. The minimum absolute atomic E-state index is 0.343. The van der Waals surface area contributed by atoms with Crippen LogP contribution in [0, 0.1) is 11.7 Å². The Morgan fingerprint density at radius 2 is 2.15 bits per heavy atom. The van der Waals surface area contributed by atoms with Gasteiger partial charge >= 0.3 is 5.97 Å². The highest BCUT2D eigenvalue weighted by molar-refractivity contribution is 5.85. The number of hydrogen-bond acceptors (Lipinski definition) is 2. The highest BCUT2D eigenvalue weighted by Crippen LogP contribution is 2.14. The van der Waals surface area contributed by atoms with Crippen LogP contribution in [-0.2, 0) is 11.3 Å². The zero-order valence-electron chi connectivity index (χ0n) is 12.3. The summed E-state index contributed by atoms with van der Waals surface area (Å²) < 4.78 is 13.5. The minimum atomic E-state index is -1.04. The third-order valence-corrected chi connectivity index (χ3v) is 3.17. The van der Waals surface area contributed by atoms with E-state index < -0.39 is 5.97 Å². The van der Waals surface area contributed by atoms with Crippen molar-refractivity contribution in [2.45, 2.75) is 26.8 Å². The summed E-state index contributed by atoms with van der Waals surface area (Å²) in [6, 6.07) is 4.64. The van der Waals surface area contributed by atoms with E-state index >= 15 is 0 Å². The summed E-state index contributed by atoms with van der Waals surface area (Å²) in [5.74, 6) is -0.783. The van der Waals surface area contributed by atoms with Crippen LogP contribution in [0.5, 0.6) is 0 Å². The summed E-state index contributed by atoms with van der Waals surface area (Å²) >= 11 is 0. The Labute approximate surface area is 119 Å². The number of carbonyl (C=O) groups is 1. The smallest absolute Gasteiger partial charge is 0.328 e. The fraction of sp³-hybridized carbons (Fsp3) is 0.438. The molecule has 0 amide bonds. The third-order valence-electron chi connectivity index (χ3n) is 3.17. The molecule has 1 aromatic rings. The van der Waals surface area contributed by atoms with Crippen LogP contribution in [0.4, 0.5) is 4.39 Å². The lowest BCUT2D eigenvalue weighted by atomic mass is 10.1. The van der Waals surface area contributed by atoms with Gasteiger partial charge in [0.1, 0.15) is 5.82 Å². The van der Waals surface area contributed by atoms with E-state index in [4.69, 9.17) is 5.11 Å². The van der Waals surface area contributed by atoms with Gasteiger partial charge in [-0.2, -0.15) is 0 Å². The van der Waals surface area contributed by atoms with Gasteiger partial charge in [0.05, 0.1) is 0 Å². The van der Waals surface area contributed by atoms with Crippen LogP contribution >= 0.6 is 0 Å². The molecule has 1 rings (SSSR count). The molecule has 0 saturated carbocycles. The van der Waals surface area contributed by atoms with E-state index in [9.17, 15) is 9.18 Å². The number of carboxylic acids is 1. The van der Waals surface area contributed by atoms with Crippen LogP contribution in [-0.4, -0.2) is 29.6 Å². The molecule has 0 radical (unpaired) electrons. The topological polar surface area (TPSA) is 40.5 Å². The lowest BCUT2D eigenvalue weighted by Gasteiger charge is -2.20. The molecule has 1 aromatic carbocycles. The van der Waals surface area contributed by atoms with E-state index in [-0.39, 0.29) is 5.82 Å². The van der Waals surface area contributed by atoms with Gasteiger partial charge in [0, 0.05) is 19.2 Å². The molecule has 0 aliphatic rings. The molecule has 0 saturated heterocycles. The first kappa shape index (κ1) is 16.4. The minimum Gasteiger partial charge on any atom is -0.478 e. The monoisotopic (exact) mass is 279 g/mol. The van der Waals surface area contributed by atoms with Crippen LogP contribution in [0.1, 0.15) is 31.4 Å². The number of carboxylic acid groups (broad SMARTS) is 1. The first-order valence-corrected chi connectivity index (χ1v) is 6.79. The third kappa shape index (κ3) is 5.97. The molecular formula is C16H22FNO2. The Bertz CT molecular complexity index is 485. The second-order valence-corrected chi connectivity index (χ2v) is 5.27. The van der Waals surface area contributed by atoms with Gasteiger partial charge in [-0.3, -0.25) is 0 Å². The van der Waals surface area contributed by atoms with Gasteiger partial charge in [0.15, 0.2) is 0 Å². The summed E-state index contributed by atoms with van der Waals surface area (Å²) in [5.41, 5.74) is 1.42. The van der Waals surface area contributed by atoms with Crippen LogP contribution in [0.15, 0.2) is 24.3 Å². The molecule has 3 nitrogen and oxygen atoms in total. The average molecular weight is 279 g/mol. The maximum atomic E-state index is 13.5. The number of benzene rings is 1. The SMILES string of the molecule is CCC(C)CN(C)Cc1cc(F)cc(C=CC(=O)O)c1. The van der Waals surface area contributed by atoms with Gasteiger partial charge in [-0.05, 0) is 42.3 Å². The molecule has 1 atom stereocenters. The zero-order valence-corrected chi connectivity index (χ0v) is 12.3. The van der Waals surface area contributed by atoms with Crippen LogP contribution in [0.25, 0.3) is 6.08 Å². The first-order valence-electron chi connectivity index (χ1n) is 6.79. The van der Waals surface area contributed by atoms with Crippen molar-refractivity contribution in [3.63, 3.8) is 0 Å². The van der Waals surface area contributed by atoms with Gasteiger partial charge in [-0.25, -0.2) is 9.18 Å². The molecule has 0 fully saturated rings. The molecule has 0 aliphatic carbocycles. The summed E-state index contributed by atoms with van der Waals surface area (Å²) in [4.78, 5) is 12.6. The highest BCUT2D eigenvalue weighted by Gasteiger charge is 2.07. The lowest BCUT2D eigenvalue weighted by Crippen LogP contribution is -2.23. The zero-order chi connectivity index (χ0) is 15.1. The van der Waals surface area contributed by atoms with Gasteiger partial charge in [0.25, 0.3) is 0 Å². The molecule has 1 N–H and O–H groups in total. The van der Waals surface area contributed by atoms with Crippen molar-refractivity contribution in [1.82, 2.24) is 4.90 Å². The van der Waals surface area contributed by atoms with Crippen molar-refractivity contribution in [3.8, 4) is 0 Å². The molecule has 20 heavy (non-hydrogen) atoms. The van der Waals surface area contributed by atoms with E-state index in [2.05, 4.69) is 18.7 Å². The van der Waals surface area contributed by atoms with Crippen molar-refractivity contribution in [3.05, 3.63) is 41.2 Å². The Morgan fingerprint density at radius 3 is 2.75 bits per heavy atom. The van der Waals surface area contributed by atoms with Crippen molar-refractivity contribution in [2.24, 2.45) is 5.92 Å². The van der Waals surface area contributed by atoms with Crippen molar-refractivity contribution >= 4 is 12.0 Å². The molecule has 110 valence electrons. The van der Waals surface area contributed by atoms with Crippen molar-refractivity contribution in [1.29, 1.82) is 0 Å². The molecular weight excluding hydrogens is 257 g/mol. The second kappa shape index (κ2) is 7.80. The summed E-state index contributed by atoms with van der Waals surface area (Å²) in [7, 11) is 2.00. The van der Waals surface area contributed by atoms with E-state index in [0.717, 1.165) is 24.6 Å². The van der Waals surface area contributed by atoms with E-state index in [1.807, 2.05) is 13.1 Å². The molecule has 0 bridgehead atoms. The van der Waals surface area contributed by atoms with Gasteiger partial charge in [0.2, 0.25) is 0 Å². The second-order valence-electron chi connectivity index (χ2n) is 5.27. The van der Waals surface area contributed by atoms with E-state index in [0.29, 0.717) is 18.0 Å². The maximum absolute atomic E-state index is 13.5. The Hall–Kier alpha value is -1.68. The molecule has 0 spiro atoms. The standard InChI is InChI=1S/C16H22FNO2/c1-4-12(2)10-18(3)11-14-7-13(5-6-16(19)20)8-15(17)9-14/h5-9,12H,4,10-11H2,1-3H3,(H,19,20). The highest BCUT2D eigenvalue weighted by atomic mass is 19.1. The van der Waals surface area contributed by atoms with Crippen LogP contribution in [0.3, 0.4) is 0 Å². The number of rotatable bonds is 7. The van der Waals surface area contributed by atoms with Crippen molar-refractivity contribution in [2.75, 3.05) is 13.6 Å². The van der Waals surface area contributed by atoms with E-state index in [1.54, 1.807) is 0 Å². The summed E-state index contributed by atoms with van der Waals surface area (Å²) in [6.07, 6.45) is 3.53. The number of hydrogen-bond donors (Lipinski definition) is 1. The quantitative estimate of drug-likeness (QED) is 0.778. The molecule has 0 aliphatic heterocycles. The largest absolute Gasteiger partial charge is 0.478 e. The Balaban J connectivity index is 2.77. The fourth-order valence-electron chi connectivity index (χ4n) is 2.07. The van der Waals surface area contributed by atoms with Crippen LogP contribution in [0.2, 0.25) is 0 Å². The van der Waals surface area contributed by atoms with Gasteiger partial charge in [-0.1, -0.05) is 26.3 Å². The number of halogens is 1. The number of nitrogens with zero attached hydrogens (tertiary/aromatic N) is 1. The Morgan fingerprint density at radius 1 is 1.45 bits per heavy atom. The van der Waals surface area contributed by atoms with E-state index in [1.165, 1.54) is 18.2 Å². The predicted octanol–water partition coefficient (Wildman–Crippen LogP) is 3.40. The van der Waals surface area contributed by atoms with Gasteiger partial charge < -0.3 is 10.0 Å². The van der Waals surface area contributed by atoms with Crippen molar-refractivity contribution < 1.29 is 14.3 Å². The van der Waals surface area contributed by atoms with Gasteiger partial charge in [-0.15, -0.1) is 0 Å². The molecule has 0 aromatic heterocycles. The molecule has 4 heteroatoms. The molecule has 1 unspecified atom stereocenters. The predicted molar refractivity (Wildman–Crippen MR) is 78.9 cm³/mol. The fourth-order valence-corrected chi connectivity index (χ4v) is 2.07. The normalized spacial score (nSPS) is 13.1. The first-order chi connectivity index (χ1) is 9.40. The summed E-state index contributed by atoms with van der Waals surface area (Å²) in [5, 5.41) is 8.60. The average Bonchev–Trinajstić information content (AvgIpc) is 2.35. The summed E-state index contributed by atoms with van der Waals surface area (Å²) in [6.45, 7) is 5.93. The molecule has 0 heterocycles. The Kier molecular flexibility index (Phi) is 6.39. The lowest BCUT2D eigenvalue weighted by molar-refractivity contribution is -0.131.